The zero-order chi connectivity index (χ0) is 17.3. The van der Waals surface area contributed by atoms with Crippen molar-refractivity contribution < 1.29 is 14.3 Å². The van der Waals surface area contributed by atoms with E-state index < -0.39 is 0 Å². The Morgan fingerprint density at radius 3 is 2.04 bits per heavy atom. The number of carbonyl (C=O) groups is 1. The fourth-order valence-electron chi connectivity index (χ4n) is 2.76. The van der Waals surface area contributed by atoms with E-state index in [-0.39, 0.29) is 12.1 Å². The van der Waals surface area contributed by atoms with Gasteiger partial charge in [0.1, 0.15) is 12.7 Å². The quantitative estimate of drug-likeness (QED) is 0.142. The van der Waals surface area contributed by atoms with Gasteiger partial charge in [-0.25, -0.2) is 0 Å². The molecule has 0 unspecified atom stereocenters. The van der Waals surface area contributed by atoms with Crippen molar-refractivity contribution in [2.75, 3.05) is 13.2 Å². The van der Waals surface area contributed by atoms with Crippen molar-refractivity contribution in [1.29, 1.82) is 0 Å². The van der Waals surface area contributed by atoms with Crippen LogP contribution in [0.3, 0.4) is 0 Å². The van der Waals surface area contributed by atoms with Crippen molar-refractivity contribution in [3.63, 3.8) is 0 Å². The molecule has 0 amide bonds. The molecule has 0 N–H and O–H groups in total. The predicted molar refractivity (Wildman–Crippen MR) is 100 cm³/mol. The smallest absolute Gasteiger partial charge is 0.305 e. The molecule has 0 aliphatic carbocycles. The van der Waals surface area contributed by atoms with E-state index in [1.807, 2.05) is 0 Å². The molecule has 1 saturated heterocycles. The van der Waals surface area contributed by atoms with Gasteiger partial charge in [-0.05, 0) is 32.1 Å². The van der Waals surface area contributed by atoms with Crippen LogP contribution in [-0.2, 0) is 14.3 Å². The summed E-state index contributed by atoms with van der Waals surface area (Å²) in [4.78, 5) is 11.4. The van der Waals surface area contributed by atoms with Crippen molar-refractivity contribution >= 4 is 5.97 Å². The number of carbonyl (C=O) groups excluding carboxylic acids is 1. The van der Waals surface area contributed by atoms with Crippen LogP contribution in [0, 0.1) is 0 Å². The summed E-state index contributed by atoms with van der Waals surface area (Å²) >= 11 is 0. The highest BCUT2D eigenvalue weighted by Gasteiger charge is 2.23. The number of esters is 1. The molecule has 0 aromatic heterocycles. The van der Waals surface area contributed by atoms with E-state index in [4.69, 9.17) is 9.47 Å². The van der Waals surface area contributed by atoms with Crippen LogP contribution in [0.4, 0.5) is 0 Å². The van der Waals surface area contributed by atoms with Gasteiger partial charge in [-0.3, -0.25) is 4.79 Å². The van der Waals surface area contributed by atoms with E-state index in [0.717, 1.165) is 19.4 Å². The molecule has 0 aromatic carbocycles. The van der Waals surface area contributed by atoms with Gasteiger partial charge >= 0.3 is 5.97 Å². The number of allylic oxidation sites excluding steroid dienone is 2. The minimum atomic E-state index is -0.0665. The minimum absolute atomic E-state index is 0.0665. The Hall–Kier alpha value is -0.830. The molecule has 140 valence electrons. The second-order valence-corrected chi connectivity index (χ2v) is 6.97. The average molecular weight is 339 g/mol. The summed E-state index contributed by atoms with van der Waals surface area (Å²) in [5, 5.41) is 0. The molecule has 1 fully saturated rings. The van der Waals surface area contributed by atoms with Crippen LogP contribution in [0.25, 0.3) is 0 Å². The van der Waals surface area contributed by atoms with Gasteiger partial charge < -0.3 is 9.47 Å². The van der Waals surface area contributed by atoms with Crippen LogP contribution in [0.15, 0.2) is 12.2 Å². The summed E-state index contributed by atoms with van der Waals surface area (Å²) < 4.78 is 10.1. The molecular formula is C21H38O3. The fourth-order valence-corrected chi connectivity index (χ4v) is 2.76. The van der Waals surface area contributed by atoms with Gasteiger partial charge in [0.25, 0.3) is 0 Å². The summed E-state index contributed by atoms with van der Waals surface area (Å²) in [5.41, 5.74) is 0. The molecule has 1 atom stereocenters. The van der Waals surface area contributed by atoms with Crippen molar-refractivity contribution in [2.24, 2.45) is 0 Å². The zero-order valence-corrected chi connectivity index (χ0v) is 15.8. The first kappa shape index (κ1) is 21.2. The summed E-state index contributed by atoms with van der Waals surface area (Å²) in [6.45, 7) is 3.47. The number of unbranched alkanes of at least 4 members (excludes halogenated alkanes) is 11. The molecule has 1 rings (SSSR count). The Bertz CT molecular complexity index is 321. The van der Waals surface area contributed by atoms with Crippen LogP contribution >= 0.6 is 0 Å². The van der Waals surface area contributed by atoms with Gasteiger partial charge in [-0.1, -0.05) is 70.4 Å². The standard InChI is InChI=1S/C21H38O3/c1-2-3-4-5-6-7-8-9-10-11-12-13-14-15-16-17-21(22)24-19-20-18-23-20/h9-10,20H,2-8,11-19H2,1H3/b10-9-/t20-/m0/s1. The number of rotatable bonds is 17. The SMILES string of the molecule is CCCCCCCC/C=C\CCCCCCCC(=O)OC[C@@H]1CO1. The second-order valence-electron chi connectivity index (χ2n) is 6.97. The van der Waals surface area contributed by atoms with Gasteiger partial charge in [0.05, 0.1) is 6.61 Å². The molecule has 24 heavy (non-hydrogen) atoms. The van der Waals surface area contributed by atoms with Gasteiger partial charge in [-0.15, -0.1) is 0 Å². The highest BCUT2D eigenvalue weighted by Crippen LogP contribution is 2.12. The summed E-state index contributed by atoms with van der Waals surface area (Å²) in [6, 6.07) is 0. The highest BCUT2D eigenvalue weighted by molar-refractivity contribution is 5.69. The normalized spacial score (nSPS) is 16.6. The number of hydrogen-bond donors (Lipinski definition) is 0. The van der Waals surface area contributed by atoms with Gasteiger partial charge in [0.15, 0.2) is 0 Å². The highest BCUT2D eigenvalue weighted by atomic mass is 16.6. The van der Waals surface area contributed by atoms with E-state index >= 15 is 0 Å². The number of ether oxygens (including phenoxy) is 2. The average Bonchev–Trinajstić information content (AvgIpc) is 3.41. The first-order chi connectivity index (χ1) is 11.8. The predicted octanol–water partition coefficient (Wildman–Crippen LogP) is 5.97. The third-order valence-corrected chi connectivity index (χ3v) is 4.48. The molecule has 0 radical (unpaired) electrons. The molecule has 0 saturated carbocycles. The Morgan fingerprint density at radius 2 is 1.46 bits per heavy atom. The number of epoxide rings is 1. The lowest BCUT2D eigenvalue weighted by molar-refractivity contribution is -0.144. The van der Waals surface area contributed by atoms with Gasteiger partial charge in [-0.2, -0.15) is 0 Å². The maximum Gasteiger partial charge on any atom is 0.305 e. The van der Waals surface area contributed by atoms with E-state index in [2.05, 4.69) is 19.1 Å². The Balaban J connectivity index is 1.72. The summed E-state index contributed by atoms with van der Waals surface area (Å²) in [5.74, 6) is -0.0665. The van der Waals surface area contributed by atoms with Crippen molar-refractivity contribution in [2.45, 2.75) is 103 Å². The van der Waals surface area contributed by atoms with E-state index in [9.17, 15) is 4.79 Å². The second kappa shape index (κ2) is 15.7. The van der Waals surface area contributed by atoms with Gasteiger partial charge in [0.2, 0.25) is 0 Å². The van der Waals surface area contributed by atoms with Crippen molar-refractivity contribution in [3.8, 4) is 0 Å². The molecule has 0 spiro atoms. The lowest BCUT2D eigenvalue weighted by Crippen LogP contribution is -2.09. The zero-order valence-electron chi connectivity index (χ0n) is 15.8. The van der Waals surface area contributed by atoms with Crippen LogP contribution < -0.4 is 0 Å². The van der Waals surface area contributed by atoms with Crippen LogP contribution in [0.1, 0.15) is 96.8 Å². The largest absolute Gasteiger partial charge is 0.463 e. The van der Waals surface area contributed by atoms with E-state index in [1.54, 1.807) is 0 Å². The summed E-state index contributed by atoms with van der Waals surface area (Å²) in [6.07, 6.45) is 22.1. The Labute approximate surface area is 149 Å². The van der Waals surface area contributed by atoms with E-state index in [0.29, 0.717) is 13.0 Å². The van der Waals surface area contributed by atoms with Crippen LogP contribution in [0.5, 0.6) is 0 Å². The maximum atomic E-state index is 11.4. The molecule has 0 bridgehead atoms. The molecular weight excluding hydrogens is 300 g/mol. The minimum Gasteiger partial charge on any atom is -0.463 e. The number of hydrogen-bond acceptors (Lipinski definition) is 3. The first-order valence-corrected chi connectivity index (χ1v) is 10.2. The Morgan fingerprint density at radius 1 is 0.917 bits per heavy atom. The molecule has 3 heteroatoms. The van der Waals surface area contributed by atoms with Crippen LogP contribution in [0.2, 0.25) is 0 Å². The van der Waals surface area contributed by atoms with Gasteiger partial charge in [0, 0.05) is 6.42 Å². The monoisotopic (exact) mass is 338 g/mol. The van der Waals surface area contributed by atoms with Crippen LogP contribution in [-0.4, -0.2) is 25.3 Å². The third-order valence-electron chi connectivity index (χ3n) is 4.48. The molecule has 1 aliphatic rings. The topological polar surface area (TPSA) is 38.8 Å². The first-order valence-electron chi connectivity index (χ1n) is 10.2. The van der Waals surface area contributed by atoms with Crippen molar-refractivity contribution in [1.82, 2.24) is 0 Å². The molecule has 3 nitrogen and oxygen atoms in total. The lowest BCUT2D eigenvalue weighted by atomic mass is 10.1. The fraction of sp³-hybridized carbons (Fsp3) is 0.857. The summed E-state index contributed by atoms with van der Waals surface area (Å²) in [7, 11) is 0. The Kier molecular flexibility index (Phi) is 13.9. The van der Waals surface area contributed by atoms with Crippen molar-refractivity contribution in [3.05, 3.63) is 12.2 Å². The van der Waals surface area contributed by atoms with E-state index in [1.165, 1.54) is 70.6 Å². The maximum absolute atomic E-state index is 11.4. The molecule has 0 aromatic rings. The molecule has 1 aliphatic heterocycles. The third kappa shape index (κ3) is 14.7. The lowest BCUT2D eigenvalue weighted by Gasteiger charge is -2.02. The molecule has 1 heterocycles.